The number of nitrogens with one attached hydrogen (secondary N) is 2. The lowest BCUT2D eigenvalue weighted by atomic mass is 10.1. The molecule has 2 N–H and O–H groups in total. The first-order chi connectivity index (χ1) is 13.6. The highest BCUT2D eigenvalue weighted by Crippen LogP contribution is 2.18. The summed E-state index contributed by atoms with van der Waals surface area (Å²) in [7, 11) is 0. The minimum absolute atomic E-state index is 0.0449. The van der Waals surface area contributed by atoms with Crippen molar-refractivity contribution < 1.29 is 14.0 Å². The van der Waals surface area contributed by atoms with E-state index in [0.717, 1.165) is 31.5 Å². The number of hydrogen-bond donors (Lipinski definition) is 2. The Morgan fingerprint density at radius 2 is 1.82 bits per heavy atom. The molecule has 2 aromatic carbocycles. The number of aromatic amines is 1. The van der Waals surface area contributed by atoms with Crippen molar-refractivity contribution in [1.82, 2.24) is 20.2 Å². The van der Waals surface area contributed by atoms with Crippen LogP contribution >= 0.6 is 0 Å². The largest absolute Gasteiger partial charge is 0.348 e. The first-order valence-corrected chi connectivity index (χ1v) is 9.41. The average molecular weight is 380 g/mol. The van der Waals surface area contributed by atoms with Gasteiger partial charge in [0.1, 0.15) is 5.52 Å². The molecule has 0 unspecified atom stereocenters. The van der Waals surface area contributed by atoms with Crippen molar-refractivity contribution in [2.24, 2.45) is 0 Å². The first-order valence-electron chi connectivity index (χ1n) is 9.41. The van der Waals surface area contributed by atoms with Gasteiger partial charge in [0.05, 0.1) is 17.4 Å². The van der Waals surface area contributed by atoms with Gasteiger partial charge >= 0.3 is 0 Å². The van der Waals surface area contributed by atoms with E-state index in [1.54, 1.807) is 18.2 Å². The summed E-state index contributed by atoms with van der Waals surface area (Å²) in [5, 5.41) is 2.71. The molecule has 2 amide bonds. The molecule has 0 spiro atoms. The number of piperidine rings is 1. The highest BCUT2D eigenvalue weighted by molar-refractivity contribution is 5.98. The van der Waals surface area contributed by atoms with Crippen molar-refractivity contribution in [3.8, 4) is 0 Å². The molecule has 1 saturated heterocycles. The highest BCUT2D eigenvalue weighted by Gasteiger charge is 2.18. The maximum Gasteiger partial charge on any atom is 0.254 e. The minimum atomic E-state index is -0.640. The van der Waals surface area contributed by atoms with Crippen LogP contribution in [0.2, 0.25) is 0 Å². The second-order valence-electron chi connectivity index (χ2n) is 6.96. The summed E-state index contributed by atoms with van der Waals surface area (Å²) < 4.78 is 14.4. The van der Waals surface area contributed by atoms with E-state index in [0.29, 0.717) is 11.1 Å². The summed E-state index contributed by atoms with van der Waals surface area (Å²) in [6.07, 6.45) is 4.67. The Morgan fingerprint density at radius 1 is 1.07 bits per heavy atom. The molecule has 6 nitrogen and oxygen atoms in total. The summed E-state index contributed by atoms with van der Waals surface area (Å²) >= 11 is 0. The molecule has 1 aliphatic rings. The molecular weight excluding hydrogens is 359 g/mol. The summed E-state index contributed by atoms with van der Waals surface area (Å²) in [6, 6.07) is 10.2. The van der Waals surface area contributed by atoms with Crippen LogP contribution in [0.15, 0.2) is 42.7 Å². The van der Waals surface area contributed by atoms with Gasteiger partial charge in [-0.3, -0.25) is 9.59 Å². The van der Waals surface area contributed by atoms with Gasteiger partial charge in [-0.1, -0.05) is 12.1 Å². The van der Waals surface area contributed by atoms with E-state index in [1.165, 1.54) is 18.8 Å². The number of H-pyrrole nitrogens is 1. The third kappa shape index (κ3) is 3.60. The molecular formula is C21H21FN4O2. The van der Waals surface area contributed by atoms with Gasteiger partial charge in [-0.05, 0) is 49.1 Å². The Kier molecular flexibility index (Phi) is 5.06. The molecule has 7 heteroatoms. The minimum Gasteiger partial charge on any atom is -0.348 e. The van der Waals surface area contributed by atoms with Crippen molar-refractivity contribution in [3.63, 3.8) is 0 Å². The number of rotatable bonds is 4. The van der Waals surface area contributed by atoms with Crippen LogP contribution in [0.5, 0.6) is 0 Å². The Hall–Kier alpha value is -3.22. The van der Waals surface area contributed by atoms with Gasteiger partial charge in [0.25, 0.3) is 11.8 Å². The Balaban J connectivity index is 1.39. The van der Waals surface area contributed by atoms with E-state index in [1.807, 2.05) is 17.0 Å². The number of fused-ring (bicyclic) bond motifs is 1. The third-order valence-electron chi connectivity index (χ3n) is 5.07. The van der Waals surface area contributed by atoms with Crippen molar-refractivity contribution in [3.05, 3.63) is 65.2 Å². The van der Waals surface area contributed by atoms with Crippen LogP contribution in [0.4, 0.5) is 4.39 Å². The lowest BCUT2D eigenvalue weighted by molar-refractivity contribution is 0.0724. The maximum absolute atomic E-state index is 14.4. The summed E-state index contributed by atoms with van der Waals surface area (Å²) in [6.45, 7) is 1.86. The molecule has 1 fully saturated rings. The van der Waals surface area contributed by atoms with Crippen LogP contribution in [-0.2, 0) is 6.54 Å². The molecule has 0 atom stereocenters. The number of amides is 2. The molecule has 2 heterocycles. The second-order valence-corrected chi connectivity index (χ2v) is 6.96. The van der Waals surface area contributed by atoms with Crippen LogP contribution in [0.25, 0.3) is 11.0 Å². The number of aromatic nitrogens is 2. The fourth-order valence-corrected chi connectivity index (χ4v) is 3.47. The summed E-state index contributed by atoms with van der Waals surface area (Å²) in [5.74, 6) is -1.10. The van der Waals surface area contributed by atoms with Gasteiger partial charge in [0.15, 0.2) is 5.82 Å². The van der Waals surface area contributed by atoms with E-state index in [-0.39, 0.29) is 23.5 Å². The van der Waals surface area contributed by atoms with Gasteiger partial charge in [-0.25, -0.2) is 9.37 Å². The first kappa shape index (κ1) is 18.2. The number of carbonyl (C=O) groups excluding carboxylic acids is 2. The lowest BCUT2D eigenvalue weighted by Crippen LogP contribution is -2.35. The fourth-order valence-electron chi connectivity index (χ4n) is 3.47. The van der Waals surface area contributed by atoms with Crippen molar-refractivity contribution in [2.75, 3.05) is 13.1 Å². The van der Waals surface area contributed by atoms with Crippen molar-refractivity contribution >= 4 is 22.8 Å². The Labute approximate surface area is 161 Å². The van der Waals surface area contributed by atoms with E-state index in [9.17, 15) is 14.0 Å². The molecule has 3 aromatic rings. The third-order valence-corrected chi connectivity index (χ3v) is 5.07. The number of imidazole rings is 1. The Morgan fingerprint density at radius 3 is 2.57 bits per heavy atom. The smallest absolute Gasteiger partial charge is 0.254 e. The van der Waals surface area contributed by atoms with Crippen molar-refractivity contribution in [2.45, 2.75) is 25.8 Å². The molecule has 0 saturated carbocycles. The van der Waals surface area contributed by atoms with Gasteiger partial charge < -0.3 is 15.2 Å². The zero-order valence-corrected chi connectivity index (χ0v) is 15.4. The van der Waals surface area contributed by atoms with E-state index in [4.69, 9.17) is 0 Å². The zero-order chi connectivity index (χ0) is 19.5. The van der Waals surface area contributed by atoms with Crippen LogP contribution < -0.4 is 5.32 Å². The van der Waals surface area contributed by atoms with Gasteiger partial charge in [0, 0.05) is 25.2 Å². The number of benzene rings is 2. The van der Waals surface area contributed by atoms with Crippen LogP contribution in [0.3, 0.4) is 0 Å². The van der Waals surface area contributed by atoms with Gasteiger partial charge in [0.2, 0.25) is 0 Å². The van der Waals surface area contributed by atoms with Gasteiger partial charge in [-0.2, -0.15) is 0 Å². The highest BCUT2D eigenvalue weighted by atomic mass is 19.1. The lowest BCUT2D eigenvalue weighted by Gasteiger charge is -2.26. The molecule has 144 valence electrons. The van der Waals surface area contributed by atoms with Crippen LogP contribution in [-0.4, -0.2) is 39.8 Å². The molecule has 0 aliphatic carbocycles. The molecule has 0 bridgehead atoms. The number of carbonyl (C=O) groups is 2. The second kappa shape index (κ2) is 7.80. The van der Waals surface area contributed by atoms with E-state index < -0.39 is 11.7 Å². The standard InChI is InChI=1S/C21H21FN4O2/c22-18-16(8-9-17-19(18)25-13-24-17)20(27)23-12-14-4-6-15(7-5-14)21(28)26-10-2-1-3-11-26/h4-9,13H,1-3,10-12H2,(H,23,27)(H,24,25). The maximum atomic E-state index is 14.4. The topological polar surface area (TPSA) is 78.1 Å². The summed E-state index contributed by atoms with van der Waals surface area (Å²) in [5.41, 5.74) is 2.13. The number of nitrogens with zero attached hydrogens (tertiary/aromatic N) is 2. The molecule has 1 aromatic heterocycles. The Bertz CT molecular complexity index is 1010. The number of hydrogen-bond acceptors (Lipinski definition) is 3. The fraction of sp³-hybridized carbons (Fsp3) is 0.286. The normalized spacial score (nSPS) is 14.2. The predicted octanol–water partition coefficient (Wildman–Crippen LogP) is 3.26. The monoisotopic (exact) mass is 380 g/mol. The molecule has 28 heavy (non-hydrogen) atoms. The molecule has 4 rings (SSSR count). The predicted molar refractivity (Wildman–Crippen MR) is 103 cm³/mol. The van der Waals surface area contributed by atoms with Crippen LogP contribution in [0.1, 0.15) is 45.5 Å². The number of likely N-dealkylation sites (tertiary alicyclic amines) is 1. The zero-order valence-electron chi connectivity index (χ0n) is 15.4. The average Bonchev–Trinajstić information content (AvgIpc) is 3.23. The molecule has 1 aliphatic heterocycles. The van der Waals surface area contributed by atoms with Crippen molar-refractivity contribution in [1.29, 1.82) is 0 Å². The quantitative estimate of drug-likeness (QED) is 0.729. The van der Waals surface area contributed by atoms with E-state index in [2.05, 4.69) is 15.3 Å². The number of halogens is 1. The molecule has 0 radical (unpaired) electrons. The van der Waals surface area contributed by atoms with Gasteiger partial charge in [-0.15, -0.1) is 0 Å². The van der Waals surface area contributed by atoms with Crippen LogP contribution in [0, 0.1) is 5.82 Å². The SMILES string of the molecule is O=C(NCc1ccc(C(=O)N2CCCCC2)cc1)c1ccc2[nH]cnc2c1F. The van der Waals surface area contributed by atoms with E-state index >= 15 is 0 Å². The summed E-state index contributed by atoms with van der Waals surface area (Å²) in [4.78, 5) is 33.4.